The van der Waals surface area contributed by atoms with Crippen LogP contribution in [-0.2, 0) is 15.1 Å². The summed E-state index contributed by atoms with van der Waals surface area (Å²) in [5.74, 6) is 0.718. The lowest BCUT2D eigenvalue weighted by Crippen LogP contribution is -2.41. The van der Waals surface area contributed by atoms with Gasteiger partial charge in [-0.05, 0) is 31.9 Å². The second-order valence-electron chi connectivity index (χ2n) is 5.54. The van der Waals surface area contributed by atoms with Crippen molar-refractivity contribution in [3.05, 3.63) is 23.4 Å². The maximum atomic E-state index is 11.4. The van der Waals surface area contributed by atoms with E-state index >= 15 is 0 Å². The highest BCUT2D eigenvalue weighted by Crippen LogP contribution is 2.32. The Morgan fingerprint density at radius 2 is 2.26 bits per heavy atom. The van der Waals surface area contributed by atoms with Crippen molar-refractivity contribution in [3.8, 4) is 0 Å². The van der Waals surface area contributed by atoms with E-state index in [4.69, 9.17) is 10.5 Å². The Balaban J connectivity index is 2.41. The Bertz CT molecular complexity index is 480. The van der Waals surface area contributed by atoms with E-state index in [1.54, 1.807) is 6.07 Å². The minimum atomic E-state index is -0.543. The van der Waals surface area contributed by atoms with Gasteiger partial charge < -0.3 is 15.8 Å². The lowest BCUT2D eigenvalue weighted by atomic mass is 9.88. The molecule has 3 N–H and O–H groups in total. The van der Waals surface area contributed by atoms with Gasteiger partial charge in [-0.15, -0.1) is 0 Å². The molecular formula is C14H21N3O2. The average molecular weight is 263 g/mol. The molecule has 1 aliphatic rings. The largest absolute Gasteiger partial charge is 0.384 e. The molecule has 104 valence electrons. The lowest BCUT2D eigenvalue weighted by Gasteiger charge is -2.29. The monoisotopic (exact) mass is 263 g/mol. The van der Waals surface area contributed by atoms with Gasteiger partial charge in [-0.25, -0.2) is 4.98 Å². The second kappa shape index (κ2) is 5.17. The molecule has 1 aromatic rings. The molecule has 0 saturated carbocycles. The molecule has 0 spiro atoms. The number of aromatic nitrogens is 1. The Morgan fingerprint density at radius 1 is 1.53 bits per heavy atom. The first-order valence-electron chi connectivity index (χ1n) is 6.53. The predicted molar refractivity (Wildman–Crippen MR) is 73.7 cm³/mol. The van der Waals surface area contributed by atoms with E-state index in [0.717, 1.165) is 24.3 Å². The number of nitrogens with one attached hydrogen (secondary N) is 1. The highest BCUT2D eigenvalue weighted by molar-refractivity contribution is 5.74. The molecule has 1 unspecified atom stereocenters. The number of nitrogens with zero attached hydrogens (tertiary/aromatic N) is 1. The summed E-state index contributed by atoms with van der Waals surface area (Å²) in [6.45, 7) is 6.86. The van der Waals surface area contributed by atoms with Gasteiger partial charge in [-0.1, -0.05) is 6.07 Å². The van der Waals surface area contributed by atoms with Crippen molar-refractivity contribution in [1.82, 2.24) is 10.3 Å². The lowest BCUT2D eigenvalue weighted by molar-refractivity contribution is -0.120. The maximum Gasteiger partial charge on any atom is 0.217 e. The normalized spacial score (nSPS) is 19.4. The van der Waals surface area contributed by atoms with Gasteiger partial charge in [0.15, 0.2) is 0 Å². The van der Waals surface area contributed by atoms with Gasteiger partial charge in [0, 0.05) is 19.4 Å². The van der Waals surface area contributed by atoms with Crippen molar-refractivity contribution in [2.24, 2.45) is 0 Å². The summed E-state index contributed by atoms with van der Waals surface area (Å²) in [6.07, 6.45) is 0.981. The SMILES string of the molecule is CC(=O)NC(C)(C)c1nc(N)ccc1C1CCOC1. The number of hydrogen-bond donors (Lipinski definition) is 2. The number of nitrogens with two attached hydrogens (primary N) is 1. The number of pyridine rings is 1. The number of nitrogen functional groups attached to an aromatic ring is 1. The topological polar surface area (TPSA) is 77.2 Å². The van der Waals surface area contributed by atoms with E-state index in [9.17, 15) is 4.79 Å². The van der Waals surface area contributed by atoms with E-state index in [0.29, 0.717) is 18.3 Å². The zero-order valence-corrected chi connectivity index (χ0v) is 11.7. The minimum absolute atomic E-state index is 0.0807. The van der Waals surface area contributed by atoms with Gasteiger partial charge in [0.25, 0.3) is 0 Å². The van der Waals surface area contributed by atoms with Crippen molar-refractivity contribution in [2.45, 2.75) is 38.6 Å². The fourth-order valence-electron chi connectivity index (χ4n) is 2.59. The molecule has 2 heterocycles. The molecule has 5 nitrogen and oxygen atoms in total. The molecule has 0 radical (unpaired) electrons. The third-order valence-corrected chi connectivity index (χ3v) is 3.40. The Morgan fingerprint density at radius 3 is 2.84 bits per heavy atom. The molecular weight excluding hydrogens is 242 g/mol. The van der Waals surface area contributed by atoms with Crippen LogP contribution in [0.3, 0.4) is 0 Å². The Kier molecular flexibility index (Phi) is 3.75. The third-order valence-electron chi connectivity index (χ3n) is 3.40. The average Bonchev–Trinajstić information content (AvgIpc) is 2.80. The van der Waals surface area contributed by atoms with Gasteiger partial charge in [0.1, 0.15) is 5.82 Å². The minimum Gasteiger partial charge on any atom is -0.384 e. The summed E-state index contributed by atoms with van der Waals surface area (Å²) in [5.41, 5.74) is 7.20. The molecule has 0 aromatic carbocycles. The number of carbonyl (C=O) groups is 1. The van der Waals surface area contributed by atoms with Crippen molar-refractivity contribution >= 4 is 11.7 Å². The van der Waals surface area contributed by atoms with Crippen LogP contribution >= 0.6 is 0 Å². The van der Waals surface area contributed by atoms with Crippen molar-refractivity contribution < 1.29 is 9.53 Å². The van der Waals surface area contributed by atoms with Gasteiger partial charge >= 0.3 is 0 Å². The number of amides is 1. The van der Waals surface area contributed by atoms with E-state index < -0.39 is 5.54 Å². The molecule has 1 saturated heterocycles. The second-order valence-corrected chi connectivity index (χ2v) is 5.54. The van der Waals surface area contributed by atoms with Crippen molar-refractivity contribution in [1.29, 1.82) is 0 Å². The molecule has 1 aromatic heterocycles. The fourth-order valence-corrected chi connectivity index (χ4v) is 2.59. The molecule has 1 atom stereocenters. The van der Waals surface area contributed by atoms with Crippen LogP contribution in [0.5, 0.6) is 0 Å². The van der Waals surface area contributed by atoms with Gasteiger partial charge in [-0.2, -0.15) is 0 Å². The highest BCUT2D eigenvalue weighted by atomic mass is 16.5. The maximum absolute atomic E-state index is 11.4. The quantitative estimate of drug-likeness (QED) is 0.867. The smallest absolute Gasteiger partial charge is 0.217 e. The van der Waals surface area contributed by atoms with Gasteiger partial charge in [-0.3, -0.25) is 4.79 Å². The first kappa shape index (κ1) is 13.8. The van der Waals surface area contributed by atoms with Crippen LogP contribution in [0.2, 0.25) is 0 Å². The van der Waals surface area contributed by atoms with E-state index in [2.05, 4.69) is 10.3 Å². The molecule has 0 aliphatic carbocycles. The fraction of sp³-hybridized carbons (Fsp3) is 0.571. The number of ether oxygens (including phenoxy) is 1. The molecule has 1 amide bonds. The van der Waals surface area contributed by atoms with Crippen LogP contribution < -0.4 is 11.1 Å². The predicted octanol–water partition coefficient (Wildman–Crippen LogP) is 1.54. The zero-order chi connectivity index (χ0) is 14.0. The molecule has 2 rings (SSSR count). The van der Waals surface area contributed by atoms with E-state index in [1.165, 1.54) is 6.92 Å². The molecule has 0 bridgehead atoms. The molecule has 5 heteroatoms. The summed E-state index contributed by atoms with van der Waals surface area (Å²) in [7, 11) is 0. The molecule has 1 aliphatic heterocycles. The van der Waals surface area contributed by atoms with Gasteiger partial charge in [0.05, 0.1) is 17.8 Å². The van der Waals surface area contributed by atoms with E-state index in [-0.39, 0.29) is 5.91 Å². The number of hydrogen-bond acceptors (Lipinski definition) is 4. The van der Waals surface area contributed by atoms with Crippen LogP contribution in [-0.4, -0.2) is 24.1 Å². The van der Waals surface area contributed by atoms with E-state index in [1.807, 2.05) is 19.9 Å². The Labute approximate surface area is 113 Å². The van der Waals surface area contributed by atoms with Crippen molar-refractivity contribution in [3.63, 3.8) is 0 Å². The molecule has 1 fully saturated rings. The standard InChI is InChI=1S/C14H21N3O2/c1-9(18)17-14(2,3)13-11(4-5-12(15)16-13)10-6-7-19-8-10/h4-5,10H,6-8H2,1-3H3,(H2,15,16)(H,17,18). The van der Waals surface area contributed by atoms with Crippen LogP contribution in [0.15, 0.2) is 12.1 Å². The number of rotatable bonds is 3. The highest BCUT2D eigenvalue weighted by Gasteiger charge is 2.30. The summed E-state index contributed by atoms with van der Waals surface area (Å²) < 4.78 is 5.44. The Hall–Kier alpha value is -1.62. The van der Waals surface area contributed by atoms with Gasteiger partial charge in [0.2, 0.25) is 5.91 Å². The summed E-state index contributed by atoms with van der Waals surface area (Å²) in [4.78, 5) is 15.8. The zero-order valence-electron chi connectivity index (χ0n) is 11.7. The molecule has 19 heavy (non-hydrogen) atoms. The van der Waals surface area contributed by atoms with Crippen molar-refractivity contribution in [2.75, 3.05) is 18.9 Å². The summed E-state index contributed by atoms with van der Waals surface area (Å²) >= 11 is 0. The van der Waals surface area contributed by atoms with Crippen LogP contribution in [0.1, 0.15) is 44.4 Å². The summed E-state index contributed by atoms with van der Waals surface area (Å²) in [6, 6.07) is 3.81. The first-order valence-corrected chi connectivity index (χ1v) is 6.53. The van der Waals surface area contributed by atoms with Crippen LogP contribution in [0.25, 0.3) is 0 Å². The summed E-state index contributed by atoms with van der Waals surface area (Å²) in [5, 5.41) is 2.93. The number of carbonyl (C=O) groups excluding carboxylic acids is 1. The van der Waals surface area contributed by atoms with Crippen LogP contribution in [0.4, 0.5) is 5.82 Å². The first-order chi connectivity index (χ1) is 8.90. The number of anilines is 1. The van der Waals surface area contributed by atoms with Crippen LogP contribution in [0, 0.1) is 0 Å². The third kappa shape index (κ3) is 3.04.